The average molecular weight is 669 g/mol. The molecule has 0 N–H and O–H groups in total. The molecule has 2 unspecified atom stereocenters. The summed E-state index contributed by atoms with van der Waals surface area (Å²) in [6, 6.07) is 17.7. The Balaban J connectivity index is 0.000000267. The van der Waals surface area contributed by atoms with Gasteiger partial charge in [0, 0.05) is 0 Å². The van der Waals surface area contributed by atoms with E-state index in [0.717, 1.165) is 47.3 Å². The van der Waals surface area contributed by atoms with Gasteiger partial charge in [-0.15, -0.1) is 23.3 Å². The van der Waals surface area contributed by atoms with E-state index in [1.807, 2.05) is 0 Å². The first-order valence-corrected chi connectivity index (χ1v) is 15.7. The molecule has 2 fully saturated rings. The minimum Gasteiger partial charge on any atom is -1.00 e. The molecule has 2 aromatic rings. The SMILES string of the molecule is CC(C)[C@@H]1CC[C@@H](C)C[C@@H]1C1[C-]=Cc2ccccc21.CC(C)[C@@H]1CC[C@@H](C)C[C@@H]1C1[C-]=Cc2ccccc21.[Cl-].[Cl-].[Zr+4]. The third-order valence-electron chi connectivity index (χ3n) is 10.5. The van der Waals surface area contributed by atoms with Crippen LogP contribution < -0.4 is 24.8 Å². The minimum absolute atomic E-state index is 0. The van der Waals surface area contributed by atoms with E-state index >= 15 is 0 Å². The fraction of sp³-hybridized carbons (Fsp3) is 0.579. The maximum atomic E-state index is 3.67. The van der Waals surface area contributed by atoms with Crippen LogP contribution in [-0.2, 0) is 26.2 Å². The third kappa shape index (κ3) is 8.31. The Bertz CT molecular complexity index is 1050. The van der Waals surface area contributed by atoms with E-state index in [1.165, 1.54) is 60.8 Å². The monoisotopic (exact) mass is 666 g/mol. The normalized spacial score (nSPS) is 31.2. The second kappa shape index (κ2) is 16.5. The summed E-state index contributed by atoms with van der Waals surface area (Å²) in [7, 11) is 0. The summed E-state index contributed by atoms with van der Waals surface area (Å²) >= 11 is 0. The van der Waals surface area contributed by atoms with Crippen molar-refractivity contribution in [2.45, 2.75) is 91.9 Å². The zero-order chi connectivity index (χ0) is 26.8. The molecule has 0 spiro atoms. The van der Waals surface area contributed by atoms with Crippen molar-refractivity contribution in [3.8, 4) is 0 Å². The number of rotatable bonds is 4. The van der Waals surface area contributed by atoms with E-state index in [1.54, 1.807) is 0 Å². The summed E-state index contributed by atoms with van der Waals surface area (Å²) in [5.41, 5.74) is 5.83. The van der Waals surface area contributed by atoms with Crippen molar-refractivity contribution in [1.82, 2.24) is 0 Å². The molecule has 0 bridgehead atoms. The minimum atomic E-state index is 0. The molecule has 0 aliphatic heterocycles. The van der Waals surface area contributed by atoms with E-state index in [9.17, 15) is 0 Å². The summed E-state index contributed by atoms with van der Waals surface area (Å²) in [4.78, 5) is 0. The number of halogens is 2. The van der Waals surface area contributed by atoms with Crippen molar-refractivity contribution >= 4 is 12.2 Å². The smallest absolute Gasteiger partial charge is 1.00 e. The third-order valence-corrected chi connectivity index (χ3v) is 10.5. The fourth-order valence-electron chi connectivity index (χ4n) is 8.42. The molecule has 41 heavy (non-hydrogen) atoms. The van der Waals surface area contributed by atoms with Crippen LogP contribution in [0.25, 0.3) is 12.2 Å². The Morgan fingerprint density at radius 1 is 0.585 bits per heavy atom. The van der Waals surface area contributed by atoms with Crippen molar-refractivity contribution in [1.29, 1.82) is 0 Å². The van der Waals surface area contributed by atoms with Gasteiger partial charge < -0.3 is 24.8 Å². The molecule has 4 aliphatic carbocycles. The van der Waals surface area contributed by atoms with Crippen LogP contribution >= 0.6 is 0 Å². The van der Waals surface area contributed by atoms with Crippen molar-refractivity contribution in [2.75, 3.05) is 0 Å². The maximum Gasteiger partial charge on any atom is 4.00 e. The average Bonchev–Trinajstić information content (AvgIpc) is 3.53. The molecule has 2 saturated carbocycles. The van der Waals surface area contributed by atoms with Crippen LogP contribution in [0.2, 0.25) is 0 Å². The van der Waals surface area contributed by atoms with Crippen LogP contribution in [0.15, 0.2) is 48.5 Å². The number of hydrogen-bond donors (Lipinski definition) is 0. The van der Waals surface area contributed by atoms with Gasteiger partial charge >= 0.3 is 26.2 Å². The van der Waals surface area contributed by atoms with E-state index < -0.39 is 0 Å². The second-order valence-electron chi connectivity index (χ2n) is 13.8. The topological polar surface area (TPSA) is 0 Å². The molecule has 220 valence electrons. The fourth-order valence-corrected chi connectivity index (χ4v) is 8.42. The van der Waals surface area contributed by atoms with Crippen molar-refractivity contribution in [3.63, 3.8) is 0 Å². The molecule has 8 atom stereocenters. The van der Waals surface area contributed by atoms with Gasteiger partial charge in [-0.05, 0) is 73.0 Å². The van der Waals surface area contributed by atoms with Gasteiger partial charge in [-0.3, -0.25) is 12.2 Å². The van der Waals surface area contributed by atoms with Gasteiger partial charge in [0.15, 0.2) is 0 Å². The summed E-state index contributed by atoms with van der Waals surface area (Å²) in [5, 5.41) is 0. The molecule has 0 aromatic heterocycles. The van der Waals surface area contributed by atoms with Crippen LogP contribution in [0.5, 0.6) is 0 Å². The molecule has 0 nitrogen and oxygen atoms in total. The Morgan fingerprint density at radius 2 is 0.951 bits per heavy atom. The van der Waals surface area contributed by atoms with Crippen molar-refractivity contribution in [2.24, 2.45) is 47.3 Å². The van der Waals surface area contributed by atoms with E-state index in [0.29, 0.717) is 11.8 Å². The maximum absolute atomic E-state index is 3.67. The van der Waals surface area contributed by atoms with Crippen LogP contribution in [0, 0.1) is 59.5 Å². The van der Waals surface area contributed by atoms with Crippen LogP contribution in [0.4, 0.5) is 0 Å². The van der Waals surface area contributed by atoms with Gasteiger partial charge in [-0.25, -0.2) is 12.2 Å². The Hall–Kier alpha value is -0.617. The summed E-state index contributed by atoms with van der Waals surface area (Å²) in [5.74, 6) is 7.79. The molecule has 0 radical (unpaired) electrons. The van der Waals surface area contributed by atoms with Gasteiger partial charge in [-0.2, -0.15) is 11.1 Å². The van der Waals surface area contributed by atoms with Gasteiger partial charge in [-0.1, -0.05) is 103 Å². The standard InChI is InChI=1S/2C19H25.2ClH.Zr/c2*1-13(2)16-10-8-14(3)12-19(16)18-11-9-15-6-4-5-7-17(15)18;;;/h2*4-7,9,13-14,16,18-19H,8,10,12H2,1-3H3;2*1H;/q2*-1;;;+4/p-2/t2*14-,16+,18?,19+;;;/m11.../s1. The van der Waals surface area contributed by atoms with E-state index in [4.69, 9.17) is 0 Å². The largest absolute Gasteiger partial charge is 4.00 e. The molecule has 0 saturated heterocycles. The van der Waals surface area contributed by atoms with Gasteiger partial charge in [0.2, 0.25) is 0 Å². The summed E-state index contributed by atoms with van der Waals surface area (Å²) in [6.07, 6.45) is 20.2. The number of benzene rings is 2. The molecule has 0 amide bonds. The molecular weight excluding hydrogens is 619 g/mol. The van der Waals surface area contributed by atoms with Crippen LogP contribution in [0.1, 0.15) is 114 Å². The first kappa shape index (κ1) is 36.6. The molecule has 6 rings (SSSR count). The van der Waals surface area contributed by atoms with E-state index in [2.05, 4.69) is 114 Å². The quantitative estimate of drug-likeness (QED) is 0.418. The molecule has 3 heteroatoms. The molecule has 2 aromatic carbocycles. The van der Waals surface area contributed by atoms with Crippen LogP contribution in [-0.4, -0.2) is 0 Å². The van der Waals surface area contributed by atoms with Crippen molar-refractivity contribution < 1.29 is 51.0 Å². The van der Waals surface area contributed by atoms with Gasteiger partial charge in [0.1, 0.15) is 0 Å². The number of hydrogen-bond acceptors (Lipinski definition) is 0. The van der Waals surface area contributed by atoms with Gasteiger partial charge in [0.25, 0.3) is 0 Å². The number of fused-ring (bicyclic) bond motifs is 2. The molecular formula is C38H50Cl2Zr. The predicted molar refractivity (Wildman–Crippen MR) is 163 cm³/mol. The van der Waals surface area contributed by atoms with Gasteiger partial charge in [0.05, 0.1) is 0 Å². The van der Waals surface area contributed by atoms with Crippen LogP contribution in [0.3, 0.4) is 0 Å². The predicted octanol–water partition coefficient (Wildman–Crippen LogP) is 4.62. The first-order valence-electron chi connectivity index (χ1n) is 15.7. The number of allylic oxidation sites excluding steroid dienone is 2. The van der Waals surface area contributed by atoms with E-state index in [-0.39, 0.29) is 51.0 Å². The molecule has 4 aliphatic rings. The zero-order valence-corrected chi connectivity index (χ0v) is 30.0. The Kier molecular flexibility index (Phi) is 14.7. The Morgan fingerprint density at radius 3 is 1.32 bits per heavy atom. The molecule has 0 heterocycles. The first-order chi connectivity index (χ1) is 18.3. The van der Waals surface area contributed by atoms with Crippen molar-refractivity contribution in [3.05, 3.63) is 82.9 Å². The Labute approximate surface area is 283 Å². The summed E-state index contributed by atoms with van der Waals surface area (Å²) in [6.45, 7) is 14.5. The zero-order valence-electron chi connectivity index (χ0n) is 26.0. The summed E-state index contributed by atoms with van der Waals surface area (Å²) < 4.78 is 0. The second-order valence-corrected chi connectivity index (χ2v) is 13.8.